The van der Waals surface area contributed by atoms with E-state index in [2.05, 4.69) is 30.8 Å². The maximum absolute atomic E-state index is 11.5. The molecule has 4 heteroatoms. The number of hydrogen-bond acceptors (Lipinski definition) is 3. The Morgan fingerprint density at radius 2 is 1.94 bits per heavy atom. The Balaban J connectivity index is 2.68. The van der Waals surface area contributed by atoms with Gasteiger partial charge in [-0.3, -0.25) is 9.59 Å². The first-order chi connectivity index (χ1) is 8.29. The highest BCUT2D eigenvalue weighted by atomic mass is 16.5. The molecule has 0 heterocycles. The first-order valence-electron chi connectivity index (χ1n) is 5.83. The second kappa shape index (κ2) is 5.67. The molecule has 0 saturated heterocycles. The number of benzene rings is 1. The fourth-order valence-electron chi connectivity index (χ4n) is 1.43. The lowest BCUT2D eigenvalue weighted by atomic mass is 9.87. The fourth-order valence-corrected chi connectivity index (χ4v) is 1.43. The van der Waals surface area contributed by atoms with E-state index >= 15 is 0 Å². The van der Waals surface area contributed by atoms with Crippen LogP contribution in [0.5, 0.6) is 0 Å². The molecule has 1 aromatic rings. The molecule has 1 N–H and O–H groups in total. The second-order valence-electron chi connectivity index (χ2n) is 5.16. The van der Waals surface area contributed by atoms with Gasteiger partial charge in [0.15, 0.2) is 6.61 Å². The Labute approximate surface area is 107 Å². The Hall–Kier alpha value is -1.84. The van der Waals surface area contributed by atoms with Gasteiger partial charge in [0.25, 0.3) is 5.91 Å². The van der Waals surface area contributed by atoms with E-state index in [1.165, 1.54) is 6.92 Å². The highest BCUT2D eigenvalue weighted by Crippen LogP contribution is 2.24. The third-order valence-corrected chi connectivity index (χ3v) is 2.42. The van der Waals surface area contributed by atoms with E-state index in [0.29, 0.717) is 5.69 Å². The van der Waals surface area contributed by atoms with Crippen LogP contribution >= 0.6 is 0 Å². The fraction of sp³-hybridized carbons (Fsp3) is 0.429. The smallest absolute Gasteiger partial charge is 0.303 e. The summed E-state index contributed by atoms with van der Waals surface area (Å²) in [6.45, 7) is 7.33. The highest BCUT2D eigenvalue weighted by molar-refractivity contribution is 5.92. The average Bonchev–Trinajstić information content (AvgIpc) is 2.25. The molecule has 0 aliphatic heterocycles. The first kappa shape index (κ1) is 14.2. The van der Waals surface area contributed by atoms with E-state index in [1.807, 2.05) is 18.2 Å². The van der Waals surface area contributed by atoms with Crippen molar-refractivity contribution in [2.45, 2.75) is 33.1 Å². The van der Waals surface area contributed by atoms with Crippen molar-refractivity contribution in [2.24, 2.45) is 0 Å². The molecule has 0 bridgehead atoms. The van der Waals surface area contributed by atoms with Crippen molar-refractivity contribution in [2.75, 3.05) is 11.9 Å². The predicted octanol–water partition coefficient (Wildman–Crippen LogP) is 2.49. The topological polar surface area (TPSA) is 55.4 Å². The standard InChI is InChI=1S/C14H19NO3/c1-10(16)18-9-13(17)15-12-7-5-6-11(8-12)14(2,3)4/h5-8H,9H2,1-4H3,(H,15,17). The molecule has 0 aliphatic carbocycles. The summed E-state index contributed by atoms with van der Waals surface area (Å²) < 4.78 is 4.62. The summed E-state index contributed by atoms with van der Waals surface area (Å²) >= 11 is 0. The van der Waals surface area contributed by atoms with Crippen molar-refractivity contribution in [3.8, 4) is 0 Å². The summed E-state index contributed by atoms with van der Waals surface area (Å²) in [4.78, 5) is 22.1. The van der Waals surface area contributed by atoms with E-state index in [4.69, 9.17) is 0 Å². The summed E-state index contributed by atoms with van der Waals surface area (Å²) in [5.41, 5.74) is 1.86. The number of carbonyl (C=O) groups excluding carboxylic acids is 2. The zero-order valence-electron chi connectivity index (χ0n) is 11.2. The molecular formula is C14H19NO3. The maximum Gasteiger partial charge on any atom is 0.303 e. The quantitative estimate of drug-likeness (QED) is 0.837. The molecule has 0 atom stereocenters. The number of hydrogen-bond donors (Lipinski definition) is 1. The number of carbonyl (C=O) groups is 2. The number of anilines is 1. The van der Waals surface area contributed by atoms with Crippen molar-refractivity contribution < 1.29 is 14.3 Å². The van der Waals surface area contributed by atoms with Gasteiger partial charge in [0.05, 0.1) is 0 Å². The molecule has 0 fully saturated rings. The molecule has 0 spiro atoms. The van der Waals surface area contributed by atoms with Gasteiger partial charge in [0.2, 0.25) is 0 Å². The van der Waals surface area contributed by atoms with Crippen LogP contribution in [-0.4, -0.2) is 18.5 Å². The van der Waals surface area contributed by atoms with Gasteiger partial charge in [-0.2, -0.15) is 0 Å². The molecule has 0 aliphatic rings. The summed E-state index contributed by atoms with van der Waals surface area (Å²) in [6, 6.07) is 7.64. The van der Waals surface area contributed by atoms with Crippen molar-refractivity contribution in [3.05, 3.63) is 29.8 Å². The zero-order chi connectivity index (χ0) is 13.8. The molecule has 1 amide bonds. The van der Waals surface area contributed by atoms with Gasteiger partial charge >= 0.3 is 5.97 Å². The minimum atomic E-state index is -0.464. The lowest BCUT2D eigenvalue weighted by molar-refractivity contribution is -0.144. The molecule has 98 valence electrons. The Kier molecular flexibility index (Phi) is 4.48. The van der Waals surface area contributed by atoms with Crippen LogP contribution in [0.2, 0.25) is 0 Å². The molecule has 0 saturated carbocycles. The van der Waals surface area contributed by atoms with Crippen LogP contribution in [0.15, 0.2) is 24.3 Å². The van der Waals surface area contributed by atoms with Crippen LogP contribution in [0, 0.1) is 0 Å². The van der Waals surface area contributed by atoms with Crippen molar-refractivity contribution in [1.82, 2.24) is 0 Å². The van der Waals surface area contributed by atoms with Crippen molar-refractivity contribution >= 4 is 17.6 Å². The van der Waals surface area contributed by atoms with E-state index in [0.717, 1.165) is 5.56 Å². The lowest BCUT2D eigenvalue weighted by Gasteiger charge is -2.19. The Bertz CT molecular complexity index is 447. The van der Waals surface area contributed by atoms with Gasteiger partial charge in [-0.1, -0.05) is 32.9 Å². The van der Waals surface area contributed by atoms with Crippen LogP contribution in [0.3, 0.4) is 0 Å². The molecule has 1 aromatic carbocycles. The number of rotatable bonds is 3. The molecule has 0 radical (unpaired) electrons. The van der Waals surface area contributed by atoms with Gasteiger partial charge in [0, 0.05) is 12.6 Å². The zero-order valence-corrected chi connectivity index (χ0v) is 11.2. The van der Waals surface area contributed by atoms with Gasteiger partial charge in [0.1, 0.15) is 0 Å². The van der Waals surface area contributed by atoms with Crippen molar-refractivity contribution in [3.63, 3.8) is 0 Å². The second-order valence-corrected chi connectivity index (χ2v) is 5.16. The van der Waals surface area contributed by atoms with Crippen LogP contribution in [-0.2, 0) is 19.7 Å². The number of ether oxygens (including phenoxy) is 1. The van der Waals surface area contributed by atoms with Crippen LogP contribution in [0.1, 0.15) is 33.3 Å². The largest absolute Gasteiger partial charge is 0.456 e. The molecular weight excluding hydrogens is 230 g/mol. The Morgan fingerprint density at radius 1 is 1.28 bits per heavy atom. The van der Waals surface area contributed by atoms with Gasteiger partial charge in [-0.05, 0) is 23.1 Å². The molecule has 0 unspecified atom stereocenters. The van der Waals surface area contributed by atoms with E-state index in [9.17, 15) is 9.59 Å². The van der Waals surface area contributed by atoms with E-state index < -0.39 is 5.97 Å². The SMILES string of the molecule is CC(=O)OCC(=O)Nc1cccc(C(C)(C)C)c1. The van der Waals surface area contributed by atoms with Crippen LogP contribution in [0.4, 0.5) is 5.69 Å². The summed E-state index contributed by atoms with van der Waals surface area (Å²) in [5.74, 6) is -0.801. The monoisotopic (exact) mass is 249 g/mol. The minimum Gasteiger partial charge on any atom is -0.456 e. The lowest BCUT2D eigenvalue weighted by Crippen LogP contribution is -2.20. The molecule has 1 rings (SSSR count). The normalized spacial score (nSPS) is 10.9. The van der Waals surface area contributed by atoms with Crippen LogP contribution in [0.25, 0.3) is 0 Å². The Morgan fingerprint density at radius 3 is 2.50 bits per heavy atom. The summed E-state index contributed by atoms with van der Waals surface area (Å²) in [5, 5.41) is 2.69. The van der Waals surface area contributed by atoms with Crippen molar-refractivity contribution in [1.29, 1.82) is 0 Å². The third-order valence-electron chi connectivity index (χ3n) is 2.42. The molecule has 18 heavy (non-hydrogen) atoms. The third kappa shape index (κ3) is 4.57. The maximum atomic E-state index is 11.5. The van der Waals surface area contributed by atoms with E-state index in [-0.39, 0.29) is 17.9 Å². The van der Waals surface area contributed by atoms with Gasteiger partial charge in [-0.15, -0.1) is 0 Å². The van der Waals surface area contributed by atoms with Gasteiger partial charge < -0.3 is 10.1 Å². The van der Waals surface area contributed by atoms with Gasteiger partial charge in [-0.25, -0.2) is 0 Å². The number of amides is 1. The average molecular weight is 249 g/mol. The first-order valence-corrected chi connectivity index (χ1v) is 5.83. The summed E-state index contributed by atoms with van der Waals surface area (Å²) in [6.07, 6.45) is 0. The number of esters is 1. The predicted molar refractivity (Wildman–Crippen MR) is 70.4 cm³/mol. The minimum absolute atomic E-state index is 0.0244. The molecule has 0 aromatic heterocycles. The summed E-state index contributed by atoms with van der Waals surface area (Å²) in [7, 11) is 0. The number of nitrogens with one attached hydrogen (secondary N) is 1. The van der Waals surface area contributed by atoms with Crippen LogP contribution < -0.4 is 5.32 Å². The highest BCUT2D eigenvalue weighted by Gasteiger charge is 2.14. The molecule has 4 nitrogen and oxygen atoms in total. The van der Waals surface area contributed by atoms with E-state index in [1.54, 1.807) is 6.07 Å².